The van der Waals surface area contributed by atoms with Gasteiger partial charge in [-0.3, -0.25) is 10.1 Å². The van der Waals surface area contributed by atoms with Crippen molar-refractivity contribution in [2.24, 2.45) is 0 Å². The molecule has 1 aromatic carbocycles. The molecular weight excluding hydrogens is 272 g/mol. The number of aromatic carboxylic acids is 1. The normalized spacial score (nSPS) is 10.2. The molecule has 6 nitrogen and oxygen atoms in total. The predicted octanol–water partition coefficient (Wildman–Crippen LogP) is 3.01. The summed E-state index contributed by atoms with van der Waals surface area (Å²) in [6.45, 7) is 0. The van der Waals surface area contributed by atoms with E-state index in [-0.39, 0.29) is 22.0 Å². The van der Waals surface area contributed by atoms with Crippen LogP contribution in [-0.2, 0) is 0 Å². The molecule has 0 saturated carbocycles. The zero-order valence-corrected chi connectivity index (χ0v) is 10.2. The van der Waals surface area contributed by atoms with Gasteiger partial charge in [-0.05, 0) is 18.2 Å². The number of hydrogen-bond donors (Lipinski definition) is 1. The minimum atomic E-state index is -1.20. The smallest absolute Gasteiger partial charge is 0.337 e. The van der Waals surface area contributed by atoms with Crippen LogP contribution in [-0.4, -0.2) is 21.0 Å². The Morgan fingerprint density at radius 2 is 2.11 bits per heavy atom. The highest BCUT2D eigenvalue weighted by Gasteiger charge is 2.18. The van der Waals surface area contributed by atoms with Gasteiger partial charge in [-0.25, -0.2) is 9.78 Å². The van der Waals surface area contributed by atoms with E-state index in [1.807, 2.05) is 0 Å². The second-order valence-corrected chi connectivity index (χ2v) is 4.04. The summed E-state index contributed by atoms with van der Waals surface area (Å²) in [5.41, 5.74) is 0.112. The monoisotopic (exact) mass is 278 g/mol. The maximum absolute atomic E-state index is 11.0. The van der Waals surface area contributed by atoms with E-state index >= 15 is 0 Å². The van der Waals surface area contributed by atoms with E-state index in [0.29, 0.717) is 5.56 Å². The van der Waals surface area contributed by atoms with E-state index in [4.69, 9.17) is 16.7 Å². The van der Waals surface area contributed by atoms with Crippen molar-refractivity contribution in [1.82, 2.24) is 4.98 Å². The van der Waals surface area contributed by atoms with Crippen molar-refractivity contribution in [3.05, 3.63) is 57.2 Å². The van der Waals surface area contributed by atoms with Crippen molar-refractivity contribution in [2.45, 2.75) is 0 Å². The first-order valence-corrected chi connectivity index (χ1v) is 5.51. The zero-order valence-electron chi connectivity index (χ0n) is 9.41. The number of carbonyl (C=O) groups is 1. The molecule has 0 spiro atoms. The summed E-state index contributed by atoms with van der Waals surface area (Å²) >= 11 is 5.75. The van der Waals surface area contributed by atoms with E-state index in [9.17, 15) is 14.9 Å². The fraction of sp³-hybridized carbons (Fsp3) is 0. The third kappa shape index (κ3) is 2.53. The number of nitro groups is 1. The minimum Gasteiger partial charge on any atom is -0.478 e. The van der Waals surface area contributed by atoms with E-state index in [1.54, 1.807) is 0 Å². The van der Waals surface area contributed by atoms with Crippen LogP contribution in [0.5, 0.6) is 0 Å². The first-order valence-electron chi connectivity index (χ1n) is 5.13. The number of carboxylic acid groups (broad SMARTS) is 1. The predicted molar refractivity (Wildman–Crippen MR) is 68.3 cm³/mol. The molecule has 0 amide bonds. The lowest BCUT2D eigenvalue weighted by atomic mass is 10.1. The summed E-state index contributed by atoms with van der Waals surface area (Å²) in [5, 5.41) is 19.9. The molecule has 1 N–H and O–H groups in total. The molecular formula is C12H7ClN2O4. The molecule has 2 aromatic rings. The number of aromatic nitrogens is 1. The summed E-state index contributed by atoms with van der Waals surface area (Å²) < 4.78 is 0. The Morgan fingerprint density at radius 3 is 2.74 bits per heavy atom. The van der Waals surface area contributed by atoms with Gasteiger partial charge in [-0.1, -0.05) is 17.7 Å². The SMILES string of the molecule is O=C(O)c1cc(-c2ncccc2[N+](=O)[O-])ccc1Cl. The maximum atomic E-state index is 11.0. The largest absolute Gasteiger partial charge is 0.478 e. The van der Waals surface area contributed by atoms with Crippen LogP contribution in [0.25, 0.3) is 11.3 Å². The van der Waals surface area contributed by atoms with E-state index in [2.05, 4.69) is 4.98 Å². The van der Waals surface area contributed by atoms with Gasteiger partial charge in [0.15, 0.2) is 0 Å². The molecule has 0 aliphatic carbocycles. The molecule has 0 fully saturated rings. The van der Waals surface area contributed by atoms with Crippen molar-refractivity contribution >= 4 is 23.3 Å². The summed E-state index contributed by atoms with van der Waals surface area (Å²) in [4.78, 5) is 25.2. The lowest BCUT2D eigenvalue weighted by Crippen LogP contribution is -1.99. The second-order valence-electron chi connectivity index (χ2n) is 3.63. The number of pyridine rings is 1. The zero-order chi connectivity index (χ0) is 14.0. The van der Waals surface area contributed by atoms with Crippen LogP contribution in [0.15, 0.2) is 36.5 Å². The highest BCUT2D eigenvalue weighted by Crippen LogP contribution is 2.29. The van der Waals surface area contributed by atoms with Gasteiger partial charge in [0.25, 0.3) is 5.69 Å². The molecule has 1 heterocycles. The van der Waals surface area contributed by atoms with Gasteiger partial charge >= 0.3 is 5.97 Å². The average Bonchev–Trinajstić information content (AvgIpc) is 2.39. The number of hydrogen-bond acceptors (Lipinski definition) is 4. The number of benzene rings is 1. The molecule has 1 aromatic heterocycles. The van der Waals surface area contributed by atoms with Gasteiger partial charge in [0.1, 0.15) is 5.69 Å². The van der Waals surface area contributed by atoms with Crippen LogP contribution in [0.2, 0.25) is 5.02 Å². The summed E-state index contributed by atoms with van der Waals surface area (Å²) in [7, 11) is 0. The average molecular weight is 279 g/mol. The molecule has 0 bridgehead atoms. The van der Waals surface area contributed by atoms with Crippen molar-refractivity contribution < 1.29 is 14.8 Å². The van der Waals surface area contributed by atoms with Crippen LogP contribution in [0.1, 0.15) is 10.4 Å². The molecule has 0 radical (unpaired) electrons. The van der Waals surface area contributed by atoms with Crippen molar-refractivity contribution in [3.8, 4) is 11.3 Å². The molecule has 7 heteroatoms. The van der Waals surface area contributed by atoms with Crippen LogP contribution >= 0.6 is 11.6 Å². The maximum Gasteiger partial charge on any atom is 0.337 e. The van der Waals surface area contributed by atoms with E-state index < -0.39 is 10.9 Å². The van der Waals surface area contributed by atoms with Gasteiger partial charge in [-0.2, -0.15) is 0 Å². The van der Waals surface area contributed by atoms with Crippen LogP contribution < -0.4 is 0 Å². The Labute approximate surface area is 112 Å². The molecule has 0 aliphatic rings. The minimum absolute atomic E-state index is 0.0647. The van der Waals surface area contributed by atoms with Gasteiger partial charge in [-0.15, -0.1) is 0 Å². The Kier molecular flexibility index (Phi) is 3.43. The van der Waals surface area contributed by atoms with Crippen molar-refractivity contribution in [1.29, 1.82) is 0 Å². The fourth-order valence-electron chi connectivity index (χ4n) is 1.60. The third-order valence-electron chi connectivity index (χ3n) is 2.45. The number of carboxylic acids is 1. The Hall–Kier alpha value is -2.47. The van der Waals surface area contributed by atoms with Crippen LogP contribution in [0.4, 0.5) is 5.69 Å². The lowest BCUT2D eigenvalue weighted by molar-refractivity contribution is -0.384. The van der Waals surface area contributed by atoms with Crippen LogP contribution in [0, 0.1) is 10.1 Å². The second kappa shape index (κ2) is 5.03. The molecule has 0 aliphatic heterocycles. The summed E-state index contributed by atoms with van der Waals surface area (Å²) in [6, 6.07) is 6.87. The third-order valence-corrected chi connectivity index (χ3v) is 2.78. The molecule has 2 rings (SSSR count). The lowest BCUT2D eigenvalue weighted by Gasteiger charge is -2.04. The van der Waals surface area contributed by atoms with Gasteiger partial charge in [0, 0.05) is 17.8 Å². The molecule has 0 unspecified atom stereocenters. The van der Waals surface area contributed by atoms with Crippen molar-refractivity contribution in [3.63, 3.8) is 0 Å². The molecule has 0 saturated heterocycles. The highest BCUT2D eigenvalue weighted by atomic mass is 35.5. The first-order chi connectivity index (χ1) is 9.00. The summed E-state index contributed by atoms with van der Waals surface area (Å²) in [6.07, 6.45) is 1.40. The van der Waals surface area contributed by atoms with Gasteiger partial charge < -0.3 is 5.11 Å². The Morgan fingerprint density at radius 1 is 1.37 bits per heavy atom. The fourth-order valence-corrected chi connectivity index (χ4v) is 1.80. The Bertz CT molecular complexity index is 673. The van der Waals surface area contributed by atoms with Crippen LogP contribution in [0.3, 0.4) is 0 Å². The number of halogens is 1. The molecule has 96 valence electrons. The number of rotatable bonds is 3. The Balaban J connectivity index is 2.63. The van der Waals surface area contributed by atoms with E-state index in [0.717, 1.165) is 0 Å². The number of nitrogens with zero attached hydrogens (tertiary/aromatic N) is 2. The molecule has 19 heavy (non-hydrogen) atoms. The first kappa shape index (κ1) is 13.0. The highest BCUT2D eigenvalue weighted by molar-refractivity contribution is 6.33. The standard InChI is InChI=1S/C12H7ClN2O4/c13-9-4-3-7(6-8(9)12(16)17)11-10(15(18)19)2-1-5-14-11/h1-6H,(H,16,17). The van der Waals surface area contributed by atoms with Gasteiger partial charge in [0.2, 0.25) is 0 Å². The van der Waals surface area contributed by atoms with Gasteiger partial charge in [0.05, 0.1) is 15.5 Å². The topological polar surface area (TPSA) is 93.3 Å². The van der Waals surface area contributed by atoms with Crippen molar-refractivity contribution in [2.75, 3.05) is 0 Å². The summed E-state index contributed by atoms with van der Waals surface area (Å²) in [5.74, 6) is -1.20. The molecule has 0 atom stereocenters. The quantitative estimate of drug-likeness (QED) is 0.688. The van der Waals surface area contributed by atoms with E-state index in [1.165, 1.54) is 36.5 Å².